The third kappa shape index (κ3) is 4.70. The molecule has 2 N–H and O–H groups in total. The first-order chi connectivity index (χ1) is 12.1. The van der Waals surface area contributed by atoms with Gasteiger partial charge in [0.05, 0.1) is 16.2 Å². The van der Waals surface area contributed by atoms with Crippen molar-refractivity contribution in [2.75, 3.05) is 10.6 Å². The van der Waals surface area contributed by atoms with Crippen molar-refractivity contribution >= 4 is 40.5 Å². The van der Waals surface area contributed by atoms with E-state index in [1.807, 2.05) is 5.32 Å². The van der Waals surface area contributed by atoms with Gasteiger partial charge in [0.2, 0.25) is 0 Å². The Balaban J connectivity index is 2.17. The zero-order valence-electron chi connectivity index (χ0n) is 12.6. The number of nitro groups is 1. The predicted octanol–water partition coefficient (Wildman–Crippen LogP) is 3.84. The van der Waals surface area contributed by atoms with Gasteiger partial charge in [-0.25, -0.2) is 0 Å². The molecular weight excluding hydrogens is 379 g/mol. The number of anilines is 2. The molecule has 0 aromatic heterocycles. The van der Waals surface area contributed by atoms with Crippen molar-refractivity contribution < 1.29 is 27.7 Å². The number of carbonyl (C=O) groups is 2. The topological polar surface area (TPSA) is 101 Å². The Morgan fingerprint density at radius 1 is 1.04 bits per heavy atom. The Kier molecular flexibility index (Phi) is 5.46. The fraction of sp³-hybridized carbons (Fsp3) is 0.0667. The van der Waals surface area contributed by atoms with Crippen LogP contribution < -0.4 is 10.6 Å². The van der Waals surface area contributed by atoms with Crippen LogP contribution in [0.2, 0.25) is 5.02 Å². The van der Waals surface area contributed by atoms with Gasteiger partial charge in [-0.05, 0) is 24.3 Å². The zero-order valence-corrected chi connectivity index (χ0v) is 13.4. The van der Waals surface area contributed by atoms with Crippen LogP contribution >= 0.6 is 11.6 Å². The highest BCUT2D eigenvalue weighted by molar-refractivity contribution is 6.43. The molecule has 0 bridgehead atoms. The van der Waals surface area contributed by atoms with E-state index in [1.54, 1.807) is 0 Å². The van der Waals surface area contributed by atoms with Crippen molar-refractivity contribution in [2.24, 2.45) is 0 Å². The number of carbonyl (C=O) groups excluding carboxylic acids is 2. The molecule has 0 radical (unpaired) electrons. The van der Waals surface area contributed by atoms with Gasteiger partial charge in [0.25, 0.3) is 5.69 Å². The fourth-order valence-corrected chi connectivity index (χ4v) is 2.10. The molecule has 0 heterocycles. The number of rotatable bonds is 3. The largest absolute Gasteiger partial charge is 0.418 e. The molecule has 0 saturated heterocycles. The van der Waals surface area contributed by atoms with Gasteiger partial charge in [0.15, 0.2) is 0 Å². The predicted molar refractivity (Wildman–Crippen MR) is 86.8 cm³/mol. The number of benzene rings is 2. The highest BCUT2D eigenvalue weighted by atomic mass is 35.5. The quantitative estimate of drug-likeness (QED) is 0.474. The second kappa shape index (κ2) is 7.40. The van der Waals surface area contributed by atoms with E-state index in [0.717, 1.165) is 18.2 Å². The molecule has 0 atom stereocenters. The van der Waals surface area contributed by atoms with Gasteiger partial charge in [0.1, 0.15) is 0 Å². The second-order valence-electron chi connectivity index (χ2n) is 4.90. The van der Waals surface area contributed by atoms with E-state index in [0.29, 0.717) is 6.07 Å². The van der Waals surface area contributed by atoms with E-state index in [9.17, 15) is 32.9 Å². The maximum atomic E-state index is 13.0. The lowest BCUT2D eigenvalue weighted by Crippen LogP contribution is -2.30. The number of hydrogen-bond acceptors (Lipinski definition) is 4. The Hall–Kier alpha value is -3.14. The Morgan fingerprint density at radius 2 is 1.69 bits per heavy atom. The normalized spacial score (nSPS) is 10.9. The summed E-state index contributed by atoms with van der Waals surface area (Å²) in [6, 6.07) is 7.34. The number of nitro benzene ring substituents is 1. The van der Waals surface area contributed by atoms with Crippen LogP contribution in [-0.2, 0) is 15.8 Å². The molecule has 2 rings (SSSR count). The van der Waals surface area contributed by atoms with Crippen LogP contribution in [0.4, 0.5) is 30.2 Å². The molecule has 0 aliphatic rings. The molecule has 0 aliphatic carbocycles. The first-order valence-corrected chi connectivity index (χ1v) is 7.19. The molecular formula is C15H9ClF3N3O4. The number of halogens is 4. The van der Waals surface area contributed by atoms with Crippen molar-refractivity contribution in [1.82, 2.24) is 0 Å². The highest BCUT2D eigenvalue weighted by Gasteiger charge is 2.34. The van der Waals surface area contributed by atoms with Gasteiger partial charge in [-0.15, -0.1) is 0 Å². The molecule has 0 aliphatic heterocycles. The first kappa shape index (κ1) is 19.2. The maximum Gasteiger partial charge on any atom is 0.418 e. The number of nitrogens with zero attached hydrogens (tertiary/aromatic N) is 1. The van der Waals surface area contributed by atoms with Crippen LogP contribution in [-0.4, -0.2) is 16.7 Å². The van der Waals surface area contributed by atoms with Crippen molar-refractivity contribution in [3.8, 4) is 0 Å². The number of nitrogens with one attached hydrogen (secondary N) is 2. The molecule has 0 fully saturated rings. The Bertz CT molecular complexity index is 887. The minimum Gasteiger partial charge on any atom is -0.318 e. The number of hydrogen-bond donors (Lipinski definition) is 2. The lowest BCUT2D eigenvalue weighted by atomic mass is 10.1. The van der Waals surface area contributed by atoms with Gasteiger partial charge in [-0.3, -0.25) is 19.7 Å². The summed E-state index contributed by atoms with van der Waals surface area (Å²) in [7, 11) is 0. The molecule has 2 aromatic rings. The Morgan fingerprint density at radius 3 is 2.31 bits per heavy atom. The smallest absolute Gasteiger partial charge is 0.318 e. The standard InChI is InChI=1S/C15H9ClF3N3O4/c16-8-4-5-12(11(6-8)15(17,18)19)21-14(24)13(23)20-9-2-1-3-10(7-9)22(25)26/h1-7H,(H,20,23)(H,21,24). The van der Waals surface area contributed by atoms with Gasteiger partial charge < -0.3 is 10.6 Å². The second-order valence-corrected chi connectivity index (χ2v) is 5.34. The third-order valence-electron chi connectivity index (χ3n) is 3.06. The van der Waals surface area contributed by atoms with E-state index in [1.165, 1.54) is 18.2 Å². The van der Waals surface area contributed by atoms with E-state index < -0.39 is 34.2 Å². The maximum absolute atomic E-state index is 13.0. The Labute approximate surface area is 148 Å². The zero-order chi connectivity index (χ0) is 19.5. The third-order valence-corrected chi connectivity index (χ3v) is 3.29. The van der Waals surface area contributed by atoms with E-state index in [4.69, 9.17) is 11.6 Å². The van der Waals surface area contributed by atoms with Crippen molar-refractivity contribution in [1.29, 1.82) is 0 Å². The molecule has 0 saturated carbocycles. The van der Waals surface area contributed by atoms with Crippen LogP contribution in [0.3, 0.4) is 0 Å². The SMILES string of the molecule is O=C(Nc1cccc([N+](=O)[O-])c1)C(=O)Nc1ccc(Cl)cc1C(F)(F)F. The molecule has 0 unspecified atom stereocenters. The summed E-state index contributed by atoms with van der Waals surface area (Å²) in [5, 5.41) is 14.4. The van der Waals surface area contributed by atoms with Crippen LogP contribution in [0, 0.1) is 10.1 Å². The summed E-state index contributed by atoms with van der Waals surface area (Å²) in [5.41, 5.74) is -2.27. The van der Waals surface area contributed by atoms with Crippen LogP contribution in [0.15, 0.2) is 42.5 Å². The van der Waals surface area contributed by atoms with Crippen LogP contribution in [0.25, 0.3) is 0 Å². The minimum atomic E-state index is -4.80. The summed E-state index contributed by atoms with van der Waals surface area (Å²) in [5.74, 6) is -2.68. The van der Waals surface area contributed by atoms with Crippen molar-refractivity contribution in [3.05, 3.63) is 63.2 Å². The van der Waals surface area contributed by atoms with Crippen molar-refractivity contribution in [2.45, 2.75) is 6.18 Å². The van der Waals surface area contributed by atoms with E-state index in [-0.39, 0.29) is 16.4 Å². The average Bonchev–Trinajstić information content (AvgIpc) is 2.55. The van der Waals surface area contributed by atoms with Crippen molar-refractivity contribution in [3.63, 3.8) is 0 Å². The van der Waals surface area contributed by atoms with E-state index in [2.05, 4.69) is 5.32 Å². The summed E-state index contributed by atoms with van der Waals surface area (Å²) in [6.45, 7) is 0. The summed E-state index contributed by atoms with van der Waals surface area (Å²) < 4.78 is 38.9. The van der Waals surface area contributed by atoms with Gasteiger partial charge in [-0.1, -0.05) is 17.7 Å². The molecule has 2 aromatic carbocycles. The molecule has 7 nitrogen and oxygen atoms in total. The molecule has 136 valence electrons. The minimum absolute atomic E-state index is 0.0634. The monoisotopic (exact) mass is 387 g/mol. The molecule has 11 heteroatoms. The number of alkyl halides is 3. The first-order valence-electron chi connectivity index (χ1n) is 6.81. The lowest BCUT2D eigenvalue weighted by molar-refractivity contribution is -0.384. The lowest BCUT2D eigenvalue weighted by Gasteiger charge is -2.14. The van der Waals surface area contributed by atoms with Gasteiger partial charge in [0, 0.05) is 22.8 Å². The highest BCUT2D eigenvalue weighted by Crippen LogP contribution is 2.36. The van der Waals surface area contributed by atoms with Crippen LogP contribution in [0.1, 0.15) is 5.56 Å². The summed E-state index contributed by atoms with van der Waals surface area (Å²) in [6.07, 6.45) is -4.80. The van der Waals surface area contributed by atoms with Gasteiger partial charge >= 0.3 is 18.0 Å². The number of non-ortho nitro benzene ring substituents is 1. The average molecular weight is 388 g/mol. The van der Waals surface area contributed by atoms with Gasteiger partial charge in [-0.2, -0.15) is 13.2 Å². The number of amides is 2. The summed E-state index contributed by atoms with van der Waals surface area (Å²) >= 11 is 5.52. The summed E-state index contributed by atoms with van der Waals surface area (Å²) in [4.78, 5) is 33.6. The van der Waals surface area contributed by atoms with Crippen LogP contribution in [0.5, 0.6) is 0 Å². The molecule has 2 amide bonds. The molecule has 26 heavy (non-hydrogen) atoms. The molecule has 0 spiro atoms. The van der Waals surface area contributed by atoms with E-state index >= 15 is 0 Å². The fourth-order valence-electron chi connectivity index (χ4n) is 1.92.